The van der Waals surface area contributed by atoms with Crippen LogP contribution in [0, 0.1) is 10.1 Å². The van der Waals surface area contributed by atoms with Crippen LogP contribution < -0.4 is 5.73 Å². The summed E-state index contributed by atoms with van der Waals surface area (Å²) in [5.41, 5.74) is 0.754. The maximum Gasteiger partial charge on any atom is 0.420 e. The summed E-state index contributed by atoms with van der Waals surface area (Å²) >= 11 is 2.93. The van der Waals surface area contributed by atoms with Crippen LogP contribution in [0.15, 0.2) is 47.4 Å². The van der Waals surface area contributed by atoms with Gasteiger partial charge in [-0.1, -0.05) is 24.3 Å². The average molecular weight is 618 g/mol. The minimum Gasteiger partial charge on any atom is -0.366 e. The summed E-state index contributed by atoms with van der Waals surface area (Å²) in [6.07, 6.45) is 0. The molecule has 0 fully saturated rings. The third-order valence-electron chi connectivity index (χ3n) is 4.18. The van der Waals surface area contributed by atoms with Crippen molar-refractivity contribution in [3.8, 4) is 11.1 Å². The van der Waals surface area contributed by atoms with Gasteiger partial charge >= 0.3 is 11.2 Å². The number of hydrogen-bond acceptors (Lipinski definition) is 4. The van der Waals surface area contributed by atoms with Gasteiger partial charge in [0.1, 0.15) is 0 Å². The highest BCUT2D eigenvalue weighted by Gasteiger charge is 2.82. The molecule has 0 aromatic heterocycles. The Morgan fingerprint density at radius 3 is 2.00 bits per heavy atom. The average Bonchev–Trinajstić information content (AvgIpc) is 2.65. The number of nitro benzene ring substituents is 1. The van der Waals surface area contributed by atoms with E-state index < -0.39 is 62.6 Å². The molecule has 0 aliphatic carbocycles. The van der Waals surface area contributed by atoms with Crippen molar-refractivity contribution in [2.45, 2.75) is 19.6 Å². The van der Waals surface area contributed by atoms with Gasteiger partial charge in [0.05, 0.1) is 20.9 Å². The van der Waals surface area contributed by atoms with E-state index in [4.69, 9.17) is 5.73 Å². The van der Waals surface area contributed by atoms with Gasteiger partial charge in [0.2, 0.25) is 5.91 Å². The highest BCUT2D eigenvalue weighted by Crippen LogP contribution is 2.65. The Bertz CT molecular complexity index is 1150. The summed E-state index contributed by atoms with van der Waals surface area (Å²) in [7, 11) is -9.09. The van der Waals surface area contributed by atoms with Crippen molar-refractivity contribution < 1.29 is 43.7 Å². The standard InChI is InChI=1S/C16H9Br2F7N2O4S/c17-15(18,21)14(19,20)16(22,23)32(24,25,31)11-7-2-1-4-8(11)12-9(13(26)28)5-3-6-10(12)27(29)30/h1-7H,(H2,26,28). The number of hydrogen-bond donors (Lipinski definition) is 1. The number of carbonyl (C=O) groups is 1. The molecule has 2 N–H and O–H groups in total. The molecule has 2 aromatic rings. The smallest absolute Gasteiger partial charge is 0.366 e. The first-order valence-corrected chi connectivity index (χ1v) is 11.2. The van der Waals surface area contributed by atoms with Crippen LogP contribution in [0.5, 0.6) is 0 Å². The van der Waals surface area contributed by atoms with Crippen molar-refractivity contribution in [1.82, 2.24) is 0 Å². The molecule has 176 valence electrons. The topological polar surface area (TPSA) is 103 Å². The predicted molar refractivity (Wildman–Crippen MR) is 107 cm³/mol. The zero-order chi connectivity index (χ0) is 24.9. The molecule has 0 atom stereocenters. The lowest BCUT2D eigenvalue weighted by molar-refractivity contribution is -0.384. The first kappa shape index (κ1) is 26.2. The van der Waals surface area contributed by atoms with Gasteiger partial charge in [-0.3, -0.25) is 14.9 Å². The Morgan fingerprint density at radius 1 is 1.00 bits per heavy atom. The van der Waals surface area contributed by atoms with Gasteiger partial charge < -0.3 is 5.73 Å². The molecule has 0 bridgehead atoms. The molecule has 0 spiro atoms. The zero-order valence-corrected chi connectivity index (χ0v) is 19.0. The molecule has 0 aliphatic heterocycles. The normalized spacial score (nSPS) is 14.5. The number of amides is 1. The summed E-state index contributed by atoms with van der Waals surface area (Å²) < 4.78 is 109. The molecular formula is C16H9Br2F7N2O4S. The number of alkyl halides is 7. The first-order valence-electron chi connectivity index (χ1n) is 7.86. The number of nitrogens with zero attached hydrogens (tertiary/aromatic N) is 1. The minimum absolute atomic E-state index is 0.0397. The Balaban J connectivity index is 3.04. The zero-order valence-electron chi connectivity index (χ0n) is 15.0. The van der Waals surface area contributed by atoms with Crippen LogP contribution in [0.4, 0.5) is 35.4 Å². The van der Waals surface area contributed by atoms with E-state index in [1.54, 1.807) is 0 Å². The number of nitro groups is 1. The van der Waals surface area contributed by atoms with E-state index in [2.05, 4.69) is 0 Å². The monoisotopic (exact) mass is 616 g/mol. The van der Waals surface area contributed by atoms with Crippen molar-refractivity contribution >= 4 is 53.3 Å². The summed E-state index contributed by atoms with van der Waals surface area (Å²) in [6, 6.07) is 4.43. The lowest BCUT2D eigenvalue weighted by Crippen LogP contribution is -2.60. The van der Waals surface area contributed by atoms with Gasteiger partial charge in [0.15, 0.2) is 0 Å². The molecule has 0 heterocycles. The summed E-state index contributed by atoms with van der Waals surface area (Å²) in [5.74, 6) is -7.74. The fraction of sp³-hybridized carbons (Fsp3) is 0.188. The Kier molecular flexibility index (Phi) is 6.35. The first-order chi connectivity index (χ1) is 14.3. The van der Waals surface area contributed by atoms with E-state index in [-0.39, 0.29) is 6.07 Å². The second-order valence-corrected chi connectivity index (χ2v) is 11.9. The molecule has 0 saturated carbocycles. The third kappa shape index (κ3) is 3.81. The molecule has 0 aliphatic rings. The third-order valence-corrected chi connectivity index (χ3v) is 7.37. The second-order valence-electron chi connectivity index (χ2n) is 6.17. The summed E-state index contributed by atoms with van der Waals surface area (Å²) in [5, 5.41) is 4.50. The minimum atomic E-state index is -9.09. The highest BCUT2D eigenvalue weighted by atomic mass is 79.9. The van der Waals surface area contributed by atoms with Crippen LogP contribution in [0.1, 0.15) is 10.4 Å². The fourth-order valence-corrected chi connectivity index (χ4v) is 5.11. The summed E-state index contributed by atoms with van der Waals surface area (Å²) in [4.78, 5) is 19.6. The van der Waals surface area contributed by atoms with E-state index in [1.807, 2.05) is 0 Å². The number of primary amides is 1. The van der Waals surface area contributed by atoms with Crippen LogP contribution in [0.25, 0.3) is 11.1 Å². The van der Waals surface area contributed by atoms with Gasteiger partial charge in [-0.15, -0.1) is 7.77 Å². The van der Waals surface area contributed by atoms with Gasteiger partial charge in [-0.05, 0) is 44.0 Å². The number of rotatable bonds is 7. The van der Waals surface area contributed by atoms with Crippen molar-refractivity contribution in [1.29, 1.82) is 0 Å². The molecule has 2 aromatic carbocycles. The molecule has 0 radical (unpaired) electrons. The van der Waals surface area contributed by atoms with Crippen LogP contribution in [0.3, 0.4) is 0 Å². The lowest BCUT2D eigenvalue weighted by Gasteiger charge is -2.40. The molecule has 1 amide bonds. The van der Waals surface area contributed by atoms with E-state index in [0.717, 1.165) is 18.2 Å². The maximum absolute atomic E-state index is 15.1. The van der Waals surface area contributed by atoms with Gasteiger partial charge in [0.25, 0.3) is 19.0 Å². The van der Waals surface area contributed by atoms with E-state index >= 15 is 7.77 Å². The highest BCUT2D eigenvalue weighted by molar-refractivity contribution is 9.25. The number of benzene rings is 2. The van der Waals surface area contributed by atoms with Crippen LogP contribution in [0.2, 0.25) is 0 Å². The van der Waals surface area contributed by atoms with Gasteiger partial charge in [0, 0.05) is 11.6 Å². The van der Waals surface area contributed by atoms with E-state index in [1.165, 1.54) is 31.9 Å². The Labute approximate surface area is 191 Å². The Hall–Kier alpha value is -2.07. The molecule has 0 saturated heterocycles. The van der Waals surface area contributed by atoms with E-state index in [9.17, 15) is 41.1 Å². The van der Waals surface area contributed by atoms with Gasteiger partial charge in [-0.2, -0.15) is 17.6 Å². The fourth-order valence-electron chi connectivity index (χ4n) is 2.67. The molecule has 0 unspecified atom stereocenters. The molecular weight excluding hydrogens is 609 g/mol. The molecule has 16 heteroatoms. The van der Waals surface area contributed by atoms with Crippen molar-refractivity contribution in [3.05, 3.63) is 58.1 Å². The summed E-state index contributed by atoms with van der Waals surface area (Å²) in [6.45, 7) is 0. The van der Waals surface area contributed by atoms with Crippen molar-refractivity contribution in [2.75, 3.05) is 0 Å². The Morgan fingerprint density at radius 2 is 1.53 bits per heavy atom. The molecule has 6 nitrogen and oxygen atoms in total. The quantitative estimate of drug-likeness (QED) is 0.136. The number of nitrogens with two attached hydrogens (primary N) is 1. The SMILES string of the molecule is NC(=O)c1cccc([N+](=O)[O-])c1-c1ccccc1S(=O)(F)(F)C(F)(F)C(F)(F)C(F)(Br)Br. The van der Waals surface area contributed by atoms with Crippen LogP contribution >= 0.6 is 31.9 Å². The van der Waals surface area contributed by atoms with E-state index in [0.29, 0.717) is 18.2 Å². The predicted octanol–water partition coefficient (Wildman–Crippen LogP) is 5.95. The largest absolute Gasteiger partial charge is 0.420 e. The molecule has 32 heavy (non-hydrogen) atoms. The lowest BCUT2D eigenvalue weighted by atomic mass is 9.97. The maximum atomic E-state index is 15.1. The molecule has 2 rings (SSSR count). The number of carbonyl (C=O) groups excluding carboxylic acids is 1. The van der Waals surface area contributed by atoms with Gasteiger partial charge in [-0.25, -0.2) is 8.60 Å². The van der Waals surface area contributed by atoms with Crippen molar-refractivity contribution in [2.24, 2.45) is 5.73 Å². The number of halogens is 9. The van der Waals surface area contributed by atoms with Crippen molar-refractivity contribution in [3.63, 3.8) is 0 Å². The van der Waals surface area contributed by atoms with Crippen LogP contribution in [-0.2, 0) is 9.84 Å². The van der Waals surface area contributed by atoms with Crippen LogP contribution in [-0.4, -0.2) is 29.7 Å². The second kappa shape index (κ2) is 7.76.